The summed E-state index contributed by atoms with van der Waals surface area (Å²) in [6.45, 7) is 3.89. The van der Waals surface area contributed by atoms with Gasteiger partial charge in [-0.25, -0.2) is 0 Å². The Morgan fingerprint density at radius 3 is 2.32 bits per heavy atom. The molecule has 2 unspecified atom stereocenters. The van der Waals surface area contributed by atoms with Gasteiger partial charge in [0.25, 0.3) is 0 Å². The van der Waals surface area contributed by atoms with Crippen molar-refractivity contribution in [1.82, 2.24) is 4.90 Å². The molecule has 2 aromatic rings. The van der Waals surface area contributed by atoms with Gasteiger partial charge in [0.05, 0.1) is 0 Å². The van der Waals surface area contributed by atoms with Gasteiger partial charge in [-0.05, 0) is 60.8 Å². The summed E-state index contributed by atoms with van der Waals surface area (Å²) in [5, 5.41) is 0. The van der Waals surface area contributed by atoms with Gasteiger partial charge in [-0.15, -0.1) is 12.4 Å². The van der Waals surface area contributed by atoms with E-state index in [1.165, 1.54) is 63.1 Å². The maximum atomic E-state index is 2.81. The highest BCUT2D eigenvalue weighted by molar-refractivity contribution is 5.85. The molecule has 6 rings (SSSR count). The third kappa shape index (κ3) is 2.97. The first-order valence-electron chi connectivity index (χ1n) is 11.1. The second kappa shape index (κ2) is 7.39. The lowest BCUT2D eigenvalue weighted by atomic mass is 9.89. The number of hydrogen-bond acceptors (Lipinski definition) is 2. The smallest absolute Gasteiger partial charge is 0.0450 e. The average molecular weight is 395 g/mol. The fraction of sp³-hybridized carbons (Fsp3) is 0.520. The topological polar surface area (TPSA) is 6.48 Å². The summed E-state index contributed by atoms with van der Waals surface area (Å²) in [6.07, 6.45) is 7.29. The molecule has 2 heterocycles. The van der Waals surface area contributed by atoms with E-state index in [4.69, 9.17) is 0 Å². The summed E-state index contributed by atoms with van der Waals surface area (Å²) in [7, 11) is 0. The molecule has 0 spiro atoms. The van der Waals surface area contributed by atoms with Gasteiger partial charge in [0.2, 0.25) is 0 Å². The summed E-state index contributed by atoms with van der Waals surface area (Å²) in [5.74, 6) is 3.84. The molecule has 148 valence electrons. The minimum atomic E-state index is 0. The first kappa shape index (κ1) is 18.5. The van der Waals surface area contributed by atoms with Crippen LogP contribution in [0.25, 0.3) is 0 Å². The molecule has 28 heavy (non-hydrogen) atoms. The van der Waals surface area contributed by atoms with Crippen LogP contribution in [-0.4, -0.2) is 30.6 Å². The van der Waals surface area contributed by atoms with E-state index in [1.807, 2.05) is 0 Å². The van der Waals surface area contributed by atoms with Crippen LogP contribution in [0.1, 0.15) is 43.6 Å². The number of benzene rings is 2. The molecule has 0 radical (unpaired) electrons. The molecule has 0 amide bonds. The summed E-state index contributed by atoms with van der Waals surface area (Å²) in [5.41, 5.74) is 4.38. The average Bonchev–Trinajstić information content (AvgIpc) is 3.32. The lowest BCUT2D eigenvalue weighted by Crippen LogP contribution is -2.45. The summed E-state index contributed by atoms with van der Waals surface area (Å²) in [4.78, 5) is 5.45. The monoisotopic (exact) mass is 394 g/mol. The quantitative estimate of drug-likeness (QED) is 0.643. The summed E-state index contributed by atoms with van der Waals surface area (Å²) < 4.78 is 0. The van der Waals surface area contributed by atoms with Crippen LogP contribution in [0.2, 0.25) is 0 Å². The van der Waals surface area contributed by atoms with E-state index < -0.39 is 0 Å². The number of nitrogens with zero attached hydrogens (tertiary/aromatic N) is 2. The Balaban J connectivity index is 0.00000171. The summed E-state index contributed by atoms with van der Waals surface area (Å²) >= 11 is 0. The number of halogens is 1. The zero-order valence-corrected chi connectivity index (χ0v) is 17.4. The van der Waals surface area contributed by atoms with Crippen LogP contribution in [0.15, 0.2) is 54.6 Å². The van der Waals surface area contributed by atoms with Crippen molar-refractivity contribution in [1.29, 1.82) is 0 Å². The molecule has 2 aliphatic carbocycles. The Morgan fingerprint density at radius 2 is 1.54 bits per heavy atom. The molecule has 2 nitrogen and oxygen atoms in total. The maximum absolute atomic E-state index is 2.81. The van der Waals surface area contributed by atoms with Gasteiger partial charge in [-0.3, -0.25) is 0 Å². The van der Waals surface area contributed by atoms with Crippen LogP contribution in [-0.2, 0) is 0 Å². The first-order chi connectivity index (χ1) is 13.4. The van der Waals surface area contributed by atoms with E-state index in [9.17, 15) is 0 Å². The summed E-state index contributed by atoms with van der Waals surface area (Å²) in [6, 6.07) is 20.8. The molecule has 2 aromatic carbocycles. The van der Waals surface area contributed by atoms with Crippen molar-refractivity contribution in [2.45, 2.75) is 44.1 Å². The van der Waals surface area contributed by atoms with Crippen LogP contribution in [0.4, 0.5) is 11.4 Å². The number of hydrogen-bond donors (Lipinski definition) is 0. The van der Waals surface area contributed by atoms with Crippen molar-refractivity contribution < 1.29 is 0 Å². The highest BCUT2D eigenvalue weighted by Gasteiger charge is 2.51. The van der Waals surface area contributed by atoms with E-state index in [2.05, 4.69) is 64.4 Å². The second-order valence-electron chi connectivity index (χ2n) is 9.26. The van der Waals surface area contributed by atoms with Crippen LogP contribution in [0.5, 0.6) is 0 Å². The molecule has 4 aliphatic rings. The molecule has 3 fully saturated rings. The van der Waals surface area contributed by atoms with Crippen molar-refractivity contribution >= 4 is 23.8 Å². The number of para-hydroxylation sites is 2. The van der Waals surface area contributed by atoms with Crippen LogP contribution in [0, 0.1) is 17.8 Å². The van der Waals surface area contributed by atoms with E-state index in [1.54, 1.807) is 5.56 Å². The van der Waals surface area contributed by atoms with E-state index in [0.29, 0.717) is 12.0 Å². The molecule has 1 saturated heterocycles. The molecule has 3 heteroatoms. The highest BCUT2D eigenvalue weighted by atomic mass is 35.5. The number of anilines is 2. The SMILES string of the molecule is Cl.c1ccc(N2c3ccccc3C3CN(CC4[C@H]5CCCC[C@H]45)CCC32)cc1. The van der Waals surface area contributed by atoms with Crippen molar-refractivity contribution in [3.8, 4) is 0 Å². The lowest BCUT2D eigenvalue weighted by Gasteiger charge is -2.39. The molecule has 0 N–H and O–H groups in total. The predicted molar refractivity (Wildman–Crippen MR) is 119 cm³/mol. The predicted octanol–water partition coefficient (Wildman–Crippen LogP) is 5.85. The fourth-order valence-corrected chi connectivity index (χ4v) is 6.62. The Kier molecular flexibility index (Phi) is 4.88. The third-order valence-electron chi connectivity index (χ3n) is 7.93. The third-order valence-corrected chi connectivity index (χ3v) is 7.93. The van der Waals surface area contributed by atoms with Gasteiger partial charge in [-0.1, -0.05) is 49.2 Å². The zero-order chi connectivity index (χ0) is 17.8. The molecule has 4 atom stereocenters. The minimum absolute atomic E-state index is 0. The molecule has 2 saturated carbocycles. The van der Waals surface area contributed by atoms with Crippen molar-refractivity contribution in [3.63, 3.8) is 0 Å². The number of fused-ring (bicyclic) bond motifs is 4. The standard InChI is InChI=1S/C25H30N2.ClH/c1-2-8-18(9-3-1)27-24-13-7-6-12-21(24)23-17-26(15-14-25(23)27)16-22-19-10-4-5-11-20(19)22;/h1-3,6-9,12-13,19-20,22-23,25H,4-5,10-11,14-17H2;1H/t19-,20-,23?,25?;/m0./s1. The van der Waals surface area contributed by atoms with Gasteiger partial charge in [0.15, 0.2) is 0 Å². The van der Waals surface area contributed by atoms with Gasteiger partial charge < -0.3 is 9.80 Å². The number of rotatable bonds is 3. The Morgan fingerprint density at radius 1 is 0.821 bits per heavy atom. The molecular formula is C25H31ClN2. The van der Waals surface area contributed by atoms with Crippen molar-refractivity contribution in [2.75, 3.05) is 24.5 Å². The van der Waals surface area contributed by atoms with Crippen LogP contribution < -0.4 is 4.90 Å². The van der Waals surface area contributed by atoms with Crippen molar-refractivity contribution in [3.05, 3.63) is 60.2 Å². The van der Waals surface area contributed by atoms with Crippen LogP contribution in [0.3, 0.4) is 0 Å². The Hall–Kier alpha value is -1.51. The number of piperidine rings is 1. The normalized spacial score (nSPS) is 33.4. The van der Waals surface area contributed by atoms with Gasteiger partial charge in [-0.2, -0.15) is 0 Å². The maximum Gasteiger partial charge on any atom is 0.0450 e. The second-order valence-corrected chi connectivity index (χ2v) is 9.26. The molecular weight excluding hydrogens is 364 g/mol. The lowest BCUT2D eigenvalue weighted by molar-refractivity contribution is 0.185. The van der Waals surface area contributed by atoms with Crippen LogP contribution >= 0.6 is 12.4 Å². The van der Waals surface area contributed by atoms with E-state index in [0.717, 1.165) is 17.8 Å². The van der Waals surface area contributed by atoms with E-state index >= 15 is 0 Å². The molecule has 0 bridgehead atoms. The van der Waals surface area contributed by atoms with Gasteiger partial charge >= 0.3 is 0 Å². The van der Waals surface area contributed by atoms with Gasteiger partial charge in [0.1, 0.15) is 0 Å². The van der Waals surface area contributed by atoms with Gasteiger partial charge in [0, 0.05) is 43.0 Å². The largest absolute Gasteiger partial charge is 0.337 e. The van der Waals surface area contributed by atoms with Crippen molar-refractivity contribution in [2.24, 2.45) is 17.8 Å². The first-order valence-corrected chi connectivity index (χ1v) is 11.1. The van der Waals surface area contributed by atoms with E-state index in [-0.39, 0.29) is 12.4 Å². The minimum Gasteiger partial charge on any atom is -0.337 e. The molecule has 2 aliphatic heterocycles. The Bertz CT molecular complexity index is 810. The fourth-order valence-electron chi connectivity index (χ4n) is 6.62. The highest BCUT2D eigenvalue weighted by Crippen LogP contribution is 2.56. The Labute approximate surface area is 175 Å². The molecule has 0 aromatic heterocycles. The number of likely N-dealkylation sites (tertiary alicyclic amines) is 1. The zero-order valence-electron chi connectivity index (χ0n) is 16.5.